The highest BCUT2D eigenvalue weighted by molar-refractivity contribution is 5.57. The molecule has 0 aliphatic carbocycles. The molecule has 0 amide bonds. The highest BCUT2D eigenvalue weighted by Crippen LogP contribution is 2.18. The third kappa shape index (κ3) is 2.61. The lowest BCUT2D eigenvalue weighted by Gasteiger charge is -2.09. The van der Waals surface area contributed by atoms with E-state index in [0.717, 1.165) is 35.9 Å². The van der Waals surface area contributed by atoms with Gasteiger partial charge >= 0.3 is 0 Å². The molecule has 0 spiro atoms. The summed E-state index contributed by atoms with van der Waals surface area (Å²) in [6.07, 6.45) is 8.64. The van der Waals surface area contributed by atoms with E-state index in [1.54, 1.807) is 10.9 Å². The number of nitrogens with zero attached hydrogens (tertiary/aromatic N) is 5. The van der Waals surface area contributed by atoms with Crippen molar-refractivity contribution in [3.05, 3.63) is 36.5 Å². The summed E-state index contributed by atoms with van der Waals surface area (Å²) in [6.45, 7) is 7.28. The van der Waals surface area contributed by atoms with Gasteiger partial charge < -0.3 is 9.72 Å². The monoisotopic (exact) mass is 284 g/mol. The minimum atomic E-state index is 0.392. The van der Waals surface area contributed by atoms with Crippen molar-refractivity contribution < 1.29 is 0 Å². The van der Waals surface area contributed by atoms with Gasteiger partial charge in [-0.3, -0.25) is 0 Å². The number of fused-ring (bicyclic) bond motifs is 1. The second-order valence-corrected chi connectivity index (χ2v) is 5.37. The van der Waals surface area contributed by atoms with Crippen LogP contribution in [0.3, 0.4) is 0 Å². The molecule has 0 aliphatic heterocycles. The van der Waals surface area contributed by atoms with Gasteiger partial charge in [0.1, 0.15) is 5.82 Å². The number of hydrogen-bond donors (Lipinski definition) is 1. The molecule has 21 heavy (non-hydrogen) atoms. The number of anilines is 1. The zero-order chi connectivity index (χ0) is 14.8. The molecule has 0 fully saturated rings. The molecular weight excluding hydrogens is 264 g/mol. The van der Waals surface area contributed by atoms with Gasteiger partial charge in [0.05, 0.1) is 11.9 Å². The quantitative estimate of drug-likeness (QED) is 0.782. The molecule has 3 rings (SSSR count). The van der Waals surface area contributed by atoms with Gasteiger partial charge in [0.15, 0.2) is 11.5 Å². The van der Waals surface area contributed by atoms with Crippen LogP contribution in [0.25, 0.3) is 11.5 Å². The summed E-state index contributed by atoms with van der Waals surface area (Å²) in [5, 5.41) is 7.92. The summed E-state index contributed by atoms with van der Waals surface area (Å²) in [5.74, 6) is 1.97. The minimum absolute atomic E-state index is 0.392. The molecule has 110 valence electrons. The molecule has 3 heterocycles. The lowest BCUT2D eigenvalue weighted by molar-refractivity contribution is 0.757. The van der Waals surface area contributed by atoms with Crippen molar-refractivity contribution in [3.8, 4) is 5.82 Å². The number of aromatic nitrogens is 5. The Hall–Kier alpha value is -2.37. The van der Waals surface area contributed by atoms with Crippen LogP contribution in [-0.4, -0.2) is 30.7 Å². The number of imidazole rings is 1. The Balaban J connectivity index is 2.08. The smallest absolute Gasteiger partial charge is 0.199 e. The van der Waals surface area contributed by atoms with E-state index in [-0.39, 0.29) is 0 Å². The first-order valence-electron chi connectivity index (χ1n) is 7.32. The van der Waals surface area contributed by atoms with E-state index in [0.29, 0.717) is 5.92 Å². The van der Waals surface area contributed by atoms with Crippen LogP contribution in [0.2, 0.25) is 0 Å². The van der Waals surface area contributed by atoms with E-state index in [4.69, 9.17) is 0 Å². The molecule has 0 aromatic carbocycles. The fraction of sp³-hybridized carbons (Fsp3) is 0.400. The van der Waals surface area contributed by atoms with E-state index >= 15 is 0 Å². The first-order valence-corrected chi connectivity index (χ1v) is 7.32. The first kappa shape index (κ1) is 13.6. The Bertz CT molecular complexity index is 740. The standard InChI is InChI=1S/C15H20N6/c1-4-6-16-13-10-20-9-7-17-14(20)15(18-13)21-8-5-12(19-21)11(2)3/h5,7-11,16H,4,6H2,1-3H3. The van der Waals surface area contributed by atoms with Crippen LogP contribution >= 0.6 is 0 Å². The maximum absolute atomic E-state index is 4.66. The van der Waals surface area contributed by atoms with Crippen molar-refractivity contribution in [3.63, 3.8) is 0 Å². The van der Waals surface area contributed by atoms with Crippen LogP contribution < -0.4 is 5.32 Å². The second-order valence-electron chi connectivity index (χ2n) is 5.37. The van der Waals surface area contributed by atoms with Gasteiger partial charge in [-0.1, -0.05) is 20.8 Å². The van der Waals surface area contributed by atoms with Crippen LogP contribution in [0.5, 0.6) is 0 Å². The number of hydrogen-bond acceptors (Lipinski definition) is 4. The lowest BCUT2D eigenvalue weighted by Crippen LogP contribution is -2.08. The molecule has 6 nitrogen and oxygen atoms in total. The molecular formula is C15H20N6. The SMILES string of the molecule is CCCNc1cn2ccnc2c(-n2ccc(C(C)C)n2)n1. The second kappa shape index (κ2) is 5.55. The zero-order valence-electron chi connectivity index (χ0n) is 12.6. The van der Waals surface area contributed by atoms with E-state index < -0.39 is 0 Å². The van der Waals surface area contributed by atoms with Gasteiger partial charge in [0.25, 0.3) is 0 Å². The maximum atomic E-state index is 4.66. The number of rotatable bonds is 5. The van der Waals surface area contributed by atoms with Crippen molar-refractivity contribution in [1.29, 1.82) is 0 Å². The summed E-state index contributed by atoms with van der Waals surface area (Å²) in [6, 6.07) is 2.03. The molecule has 3 aromatic rings. The van der Waals surface area contributed by atoms with Gasteiger partial charge in [-0.25, -0.2) is 14.6 Å². The molecule has 3 aromatic heterocycles. The van der Waals surface area contributed by atoms with Gasteiger partial charge in [0.2, 0.25) is 0 Å². The molecule has 0 saturated heterocycles. The predicted molar refractivity (Wildman–Crippen MR) is 83.0 cm³/mol. The third-order valence-electron chi connectivity index (χ3n) is 3.33. The lowest BCUT2D eigenvalue weighted by atomic mass is 10.1. The van der Waals surface area contributed by atoms with E-state index in [2.05, 4.69) is 41.2 Å². The van der Waals surface area contributed by atoms with E-state index in [1.807, 2.05) is 29.1 Å². The minimum Gasteiger partial charge on any atom is -0.369 e. The average molecular weight is 284 g/mol. The Kier molecular flexibility index (Phi) is 3.60. The molecule has 0 radical (unpaired) electrons. The van der Waals surface area contributed by atoms with Crippen LogP contribution in [0.1, 0.15) is 38.8 Å². The molecule has 0 aliphatic rings. The summed E-state index contributed by atoms with van der Waals surface area (Å²) in [7, 11) is 0. The summed E-state index contributed by atoms with van der Waals surface area (Å²) < 4.78 is 3.77. The number of nitrogens with one attached hydrogen (secondary N) is 1. The largest absolute Gasteiger partial charge is 0.369 e. The highest BCUT2D eigenvalue weighted by atomic mass is 15.3. The third-order valence-corrected chi connectivity index (χ3v) is 3.33. The Labute approximate surface area is 123 Å². The topological polar surface area (TPSA) is 60.0 Å². The fourth-order valence-corrected chi connectivity index (χ4v) is 2.17. The normalized spacial score (nSPS) is 11.4. The van der Waals surface area contributed by atoms with Crippen LogP contribution in [-0.2, 0) is 0 Å². The zero-order valence-corrected chi connectivity index (χ0v) is 12.6. The van der Waals surface area contributed by atoms with Gasteiger partial charge in [-0.05, 0) is 18.4 Å². The van der Waals surface area contributed by atoms with E-state index in [1.165, 1.54) is 0 Å². The molecule has 0 bridgehead atoms. The fourth-order valence-electron chi connectivity index (χ4n) is 2.17. The molecule has 1 N–H and O–H groups in total. The van der Waals surface area contributed by atoms with Gasteiger partial charge in [-0.2, -0.15) is 5.10 Å². The highest BCUT2D eigenvalue weighted by Gasteiger charge is 2.12. The van der Waals surface area contributed by atoms with Crippen LogP contribution in [0.4, 0.5) is 5.82 Å². The van der Waals surface area contributed by atoms with Gasteiger partial charge in [-0.15, -0.1) is 0 Å². The summed E-state index contributed by atoms with van der Waals surface area (Å²) in [4.78, 5) is 9.04. The summed E-state index contributed by atoms with van der Waals surface area (Å²) >= 11 is 0. The van der Waals surface area contributed by atoms with Crippen molar-refractivity contribution >= 4 is 11.5 Å². The predicted octanol–water partition coefficient (Wildman–Crippen LogP) is 2.86. The van der Waals surface area contributed by atoms with Crippen molar-refractivity contribution in [2.45, 2.75) is 33.1 Å². The molecule has 0 saturated carbocycles. The van der Waals surface area contributed by atoms with Gasteiger partial charge in [0, 0.05) is 25.1 Å². The van der Waals surface area contributed by atoms with Crippen LogP contribution in [0, 0.1) is 0 Å². The maximum Gasteiger partial charge on any atom is 0.199 e. The molecule has 0 atom stereocenters. The molecule has 6 heteroatoms. The summed E-state index contributed by atoms with van der Waals surface area (Å²) in [5.41, 5.74) is 1.85. The van der Waals surface area contributed by atoms with E-state index in [9.17, 15) is 0 Å². The Morgan fingerprint density at radius 2 is 2.14 bits per heavy atom. The van der Waals surface area contributed by atoms with Crippen molar-refractivity contribution in [2.75, 3.05) is 11.9 Å². The van der Waals surface area contributed by atoms with Crippen molar-refractivity contribution in [1.82, 2.24) is 24.1 Å². The Morgan fingerprint density at radius 3 is 2.86 bits per heavy atom. The van der Waals surface area contributed by atoms with Crippen molar-refractivity contribution in [2.24, 2.45) is 0 Å². The Morgan fingerprint density at radius 1 is 1.29 bits per heavy atom. The first-order chi connectivity index (χ1) is 10.2. The average Bonchev–Trinajstić information content (AvgIpc) is 3.12. The molecule has 0 unspecified atom stereocenters. The van der Waals surface area contributed by atoms with Crippen LogP contribution in [0.15, 0.2) is 30.9 Å².